The first-order chi connectivity index (χ1) is 9.19. The van der Waals surface area contributed by atoms with E-state index in [9.17, 15) is 4.39 Å². The van der Waals surface area contributed by atoms with Crippen molar-refractivity contribution in [2.24, 2.45) is 0 Å². The molecule has 0 amide bonds. The summed E-state index contributed by atoms with van der Waals surface area (Å²) in [5.41, 5.74) is 2.90. The van der Waals surface area contributed by atoms with Crippen LogP contribution in [0.3, 0.4) is 0 Å². The van der Waals surface area contributed by atoms with Gasteiger partial charge in [0.15, 0.2) is 0 Å². The summed E-state index contributed by atoms with van der Waals surface area (Å²) < 4.78 is 19.2. The fraction of sp³-hybridized carbons (Fsp3) is 0.294. The van der Waals surface area contributed by atoms with Gasteiger partial charge in [-0.2, -0.15) is 0 Å². The number of hydrogen-bond donors (Lipinski definition) is 0. The second kappa shape index (κ2) is 6.37. The third-order valence-electron chi connectivity index (χ3n) is 3.10. The second-order valence-electron chi connectivity index (χ2n) is 4.68. The largest absolute Gasteiger partial charge is 0.494 e. The molecule has 2 aromatic carbocycles. The maximum absolute atomic E-state index is 13.7. The minimum absolute atomic E-state index is 0.110. The van der Waals surface area contributed by atoms with Gasteiger partial charge in [-0.05, 0) is 61.6 Å². The first-order valence-electron chi connectivity index (χ1n) is 6.66. The van der Waals surface area contributed by atoms with E-state index in [0.29, 0.717) is 13.0 Å². The molecule has 2 rings (SSSR count). The van der Waals surface area contributed by atoms with Crippen LogP contribution in [0.2, 0.25) is 0 Å². The van der Waals surface area contributed by atoms with Gasteiger partial charge in [-0.3, -0.25) is 0 Å². The minimum Gasteiger partial charge on any atom is -0.494 e. The molecular weight excluding hydrogens is 239 g/mol. The molecule has 0 aliphatic carbocycles. The molecule has 0 bridgehead atoms. The van der Waals surface area contributed by atoms with E-state index < -0.39 is 0 Å². The molecule has 1 nitrogen and oxygen atoms in total. The van der Waals surface area contributed by atoms with Crippen molar-refractivity contribution in [1.82, 2.24) is 0 Å². The Bertz CT molecular complexity index is 549. The highest BCUT2D eigenvalue weighted by Gasteiger charge is 2.03. The molecule has 0 atom stereocenters. The van der Waals surface area contributed by atoms with Crippen molar-refractivity contribution in [1.29, 1.82) is 0 Å². The predicted octanol–water partition coefficient (Wildman–Crippen LogP) is 4.32. The van der Waals surface area contributed by atoms with E-state index in [2.05, 4.69) is 6.07 Å². The number of rotatable bonds is 5. The number of benzene rings is 2. The average molecular weight is 258 g/mol. The smallest absolute Gasteiger partial charge is 0.126 e. The molecule has 0 radical (unpaired) electrons. The van der Waals surface area contributed by atoms with E-state index in [4.69, 9.17) is 4.74 Å². The highest BCUT2D eigenvalue weighted by Crippen LogP contribution is 2.17. The molecule has 0 saturated heterocycles. The van der Waals surface area contributed by atoms with Crippen LogP contribution in [0.5, 0.6) is 5.75 Å². The fourth-order valence-electron chi connectivity index (χ4n) is 2.09. The van der Waals surface area contributed by atoms with Crippen molar-refractivity contribution in [3.05, 3.63) is 65.0 Å². The molecule has 19 heavy (non-hydrogen) atoms. The predicted molar refractivity (Wildman–Crippen MR) is 76.2 cm³/mol. The molecule has 0 fully saturated rings. The van der Waals surface area contributed by atoms with Gasteiger partial charge in [-0.15, -0.1) is 0 Å². The van der Waals surface area contributed by atoms with Crippen LogP contribution in [0.15, 0.2) is 42.5 Å². The van der Waals surface area contributed by atoms with Crippen LogP contribution in [0, 0.1) is 12.7 Å². The van der Waals surface area contributed by atoms with Crippen molar-refractivity contribution in [3.63, 3.8) is 0 Å². The lowest BCUT2D eigenvalue weighted by atomic mass is 10.0. The number of halogens is 1. The maximum Gasteiger partial charge on any atom is 0.126 e. The molecule has 0 saturated carbocycles. The van der Waals surface area contributed by atoms with Crippen molar-refractivity contribution in [2.45, 2.75) is 26.7 Å². The van der Waals surface area contributed by atoms with Crippen LogP contribution >= 0.6 is 0 Å². The topological polar surface area (TPSA) is 9.23 Å². The first kappa shape index (κ1) is 13.6. The van der Waals surface area contributed by atoms with Gasteiger partial charge in [0.2, 0.25) is 0 Å². The number of ether oxygens (including phenoxy) is 1. The van der Waals surface area contributed by atoms with Gasteiger partial charge in [0.05, 0.1) is 6.61 Å². The van der Waals surface area contributed by atoms with Crippen LogP contribution < -0.4 is 4.74 Å². The van der Waals surface area contributed by atoms with Crippen molar-refractivity contribution >= 4 is 0 Å². The van der Waals surface area contributed by atoms with Gasteiger partial charge in [-0.1, -0.05) is 24.3 Å². The molecular formula is C17H19FO. The van der Waals surface area contributed by atoms with E-state index >= 15 is 0 Å². The monoisotopic (exact) mass is 258 g/mol. The molecule has 0 spiro atoms. The van der Waals surface area contributed by atoms with Crippen LogP contribution in [-0.4, -0.2) is 6.61 Å². The Morgan fingerprint density at radius 3 is 2.63 bits per heavy atom. The average Bonchev–Trinajstić information content (AvgIpc) is 2.38. The van der Waals surface area contributed by atoms with Gasteiger partial charge in [-0.25, -0.2) is 4.39 Å². The van der Waals surface area contributed by atoms with E-state index in [-0.39, 0.29) is 5.82 Å². The van der Waals surface area contributed by atoms with Crippen molar-refractivity contribution in [2.75, 3.05) is 6.61 Å². The van der Waals surface area contributed by atoms with E-state index in [1.807, 2.05) is 44.2 Å². The highest BCUT2D eigenvalue weighted by atomic mass is 19.1. The Hall–Kier alpha value is -1.83. The zero-order valence-corrected chi connectivity index (χ0v) is 11.4. The third kappa shape index (κ3) is 3.82. The molecule has 0 heterocycles. The lowest BCUT2D eigenvalue weighted by Crippen LogP contribution is -1.97. The third-order valence-corrected chi connectivity index (χ3v) is 3.10. The number of hydrogen-bond acceptors (Lipinski definition) is 1. The zero-order valence-electron chi connectivity index (χ0n) is 11.4. The SMILES string of the molecule is CCOc1cccc(CCc2ccc(C)cc2F)c1. The van der Waals surface area contributed by atoms with Gasteiger partial charge >= 0.3 is 0 Å². The van der Waals surface area contributed by atoms with E-state index in [1.165, 1.54) is 5.56 Å². The Balaban J connectivity index is 2.03. The minimum atomic E-state index is -0.110. The Morgan fingerprint density at radius 1 is 1.05 bits per heavy atom. The van der Waals surface area contributed by atoms with Gasteiger partial charge in [0.1, 0.15) is 11.6 Å². The summed E-state index contributed by atoms with van der Waals surface area (Å²) in [6.07, 6.45) is 1.53. The standard InChI is InChI=1S/C17H19FO/c1-3-19-16-6-4-5-14(12-16)8-10-15-9-7-13(2)11-17(15)18/h4-7,9,11-12H,3,8,10H2,1-2H3. The molecule has 100 valence electrons. The molecule has 0 aliphatic heterocycles. The summed E-state index contributed by atoms with van der Waals surface area (Å²) in [5, 5.41) is 0. The first-order valence-corrected chi connectivity index (χ1v) is 6.66. The lowest BCUT2D eigenvalue weighted by molar-refractivity contribution is 0.340. The molecule has 2 aromatic rings. The van der Waals surface area contributed by atoms with Crippen LogP contribution in [0.4, 0.5) is 4.39 Å². The van der Waals surface area contributed by atoms with Crippen LogP contribution in [-0.2, 0) is 12.8 Å². The van der Waals surface area contributed by atoms with Gasteiger partial charge < -0.3 is 4.74 Å². The van der Waals surface area contributed by atoms with Gasteiger partial charge in [0, 0.05) is 0 Å². The summed E-state index contributed by atoms with van der Waals surface area (Å²) in [6.45, 7) is 4.53. The maximum atomic E-state index is 13.7. The quantitative estimate of drug-likeness (QED) is 0.776. The number of aryl methyl sites for hydroxylation is 3. The fourth-order valence-corrected chi connectivity index (χ4v) is 2.09. The molecule has 0 aromatic heterocycles. The summed E-state index contributed by atoms with van der Waals surface area (Å²) >= 11 is 0. The van der Waals surface area contributed by atoms with E-state index in [1.54, 1.807) is 6.07 Å². The van der Waals surface area contributed by atoms with E-state index in [0.717, 1.165) is 23.3 Å². The van der Waals surface area contributed by atoms with Crippen LogP contribution in [0.25, 0.3) is 0 Å². The molecule has 0 N–H and O–H groups in total. The molecule has 0 aliphatic rings. The molecule has 0 unspecified atom stereocenters. The van der Waals surface area contributed by atoms with Crippen molar-refractivity contribution in [3.8, 4) is 5.75 Å². The molecule has 2 heteroatoms. The highest BCUT2D eigenvalue weighted by molar-refractivity contribution is 5.30. The zero-order chi connectivity index (χ0) is 13.7. The van der Waals surface area contributed by atoms with Gasteiger partial charge in [0.25, 0.3) is 0 Å². The summed E-state index contributed by atoms with van der Waals surface area (Å²) in [7, 11) is 0. The summed E-state index contributed by atoms with van der Waals surface area (Å²) in [6, 6.07) is 13.4. The lowest BCUT2D eigenvalue weighted by Gasteiger charge is -2.07. The summed E-state index contributed by atoms with van der Waals surface area (Å²) in [4.78, 5) is 0. The van der Waals surface area contributed by atoms with Crippen LogP contribution in [0.1, 0.15) is 23.6 Å². The second-order valence-corrected chi connectivity index (χ2v) is 4.68. The Kier molecular flexibility index (Phi) is 4.56. The normalized spacial score (nSPS) is 10.5. The Labute approximate surface area is 114 Å². The summed E-state index contributed by atoms with van der Waals surface area (Å²) in [5.74, 6) is 0.769. The Morgan fingerprint density at radius 2 is 1.89 bits per heavy atom. The van der Waals surface area contributed by atoms with Crippen molar-refractivity contribution < 1.29 is 9.13 Å².